The molecule has 24 heavy (non-hydrogen) atoms. The Morgan fingerprint density at radius 3 is 2.58 bits per heavy atom. The molecule has 8 heteroatoms. The van der Waals surface area contributed by atoms with E-state index in [1.54, 1.807) is 24.3 Å². The van der Waals surface area contributed by atoms with Gasteiger partial charge >= 0.3 is 6.09 Å². The van der Waals surface area contributed by atoms with Crippen molar-refractivity contribution in [3.05, 3.63) is 35.9 Å². The number of nitrogens with two attached hydrogens (primary N) is 1. The predicted molar refractivity (Wildman–Crippen MR) is 84.6 cm³/mol. The van der Waals surface area contributed by atoms with Gasteiger partial charge in [0.1, 0.15) is 12.7 Å². The number of carbonyl (C=O) groups excluding carboxylic acids is 3. The topological polar surface area (TPSA) is 139 Å². The summed E-state index contributed by atoms with van der Waals surface area (Å²) in [6.45, 7) is -0.511. The minimum absolute atomic E-state index is 0.00221. The minimum atomic E-state index is -2.64. The third-order valence-corrected chi connectivity index (χ3v) is 3.26. The van der Waals surface area contributed by atoms with Crippen LogP contribution in [0, 0.1) is 0 Å². The van der Waals surface area contributed by atoms with E-state index >= 15 is 0 Å². The van der Waals surface area contributed by atoms with Crippen LogP contribution >= 0.6 is 0 Å². The lowest BCUT2D eigenvalue weighted by Crippen LogP contribution is -2.54. The van der Waals surface area contributed by atoms with Gasteiger partial charge in [-0.15, -0.1) is 0 Å². The van der Waals surface area contributed by atoms with E-state index in [9.17, 15) is 24.6 Å². The zero-order valence-corrected chi connectivity index (χ0v) is 13.1. The van der Waals surface area contributed by atoms with E-state index in [0.717, 1.165) is 11.8 Å². The lowest BCUT2D eigenvalue weighted by molar-refractivity contribution is -0.140. The quantitative estimate of drug-likeness (QED) is 0.419. The molecule has 1 amide bonds. The molecular weight excluding hydrogens is 316 g/mol. The molecule has 5 N–H and O–H groups in total. The number of aliphatic hydroxyl groups excluding tert-OH is 1. The van der Waals surface area contributed by atoms with Crippen molar-refractivity contribution >= 4 is 18.2 Å². The highest BCUT2D eigenvalue weighted by Crippen LogP contribution is 2.09. The summed E-state index contributed by atoms with van der Waals surface area (Å²) in [6, 6.07) is 8.86. The van der Waals surface area contributed by atoms with Gasteiger partial charge in [-0.1, -0.05) is 30.3 Å². The molecule has 0 aromatic heterocycles. The molecule has 1 radical (unpaired) electrons. The summed E-state index contributed by atoms with van der Waals surface area (Å²) in [5.74, 6) is -1.14. The lowest BCUT2D eigenvalue weighted by atomic mass is 9.93. The fourth-order valence-corrected chi connectivity index (χ4v) is 1.87. The summed E-state index contributed by atoms with van der Waals surface area (Å²) < 4.78 is 4.89. The van der Waals surface area contributed by atoms with Gasteiger partial charge in [-0.2, -0.15) is 0 Å². The maximum absolute atomic E-state index is 11.9. The molecule has 1 aromatic rings. The first-order valence-electron chi connectivity index (χ1n) is 7.41. The van der Waals surface area contributed by atoms with Crippen molar-refractivity contribution < 1.29 is 29.3 Å². The van der Waals surface area contributed by atoms with Crippen LogP contribution in [0.1, 0.15) is 18.4 Å². The summed E-state index contributed by atoms with van der Waals surface area (Å²) in [6.07, 6.45) is -0.988. The first kappa shape index (κ1) is 19.8. The zero-order chi connectivity index (χ0) is 18.0. The number of aliphatic hydroxyl groups is 2. The Labute approximate surface area is 139 Å². The van der Waals surface area contributed by atoms with Crippen LogP contribution in [0.5, 0.6) is 0 Å². The van der Waals surface area contributed by atoms with Gasteiger partial charge < -0.3 is 26.0 Å². The highest BCUT2D eigenvalue weighted by molar-refractivity contribution is 6.04. The number of alkyl carbamates (subject to hydrolysis) is 1. The van der Waals surface area contributed by atoms with Gasteiger partial charge in [-0.05, 0) is 24.9 Å². The second-order valence-electron chi connectivity index (χ2n) is 5.19. The van der Waals surface area contributed by atoms with Crippen LogP contribution < -0.4 is 11.1 Å². The molecule has 8 nitrogen and oxygen atoms in total. The molecular formula is C16H21N2O6. The molecule has 0 bridgehead atoms. The number of benzene rings is 1. The summed E-state index contributed by atoms with van der Waals surface area (Å²) in [7, 11) is 0. The molecule has 131 valence electrons. The van der Waals surface area contributed by atoms with Crippen molar-refractivity contribution in [1.82, 2.24) is 5.32 Å². The van der Waals surface area contributed by atoms with Crippen LogP contribution in [0.15, 0.2) is 30.3 Å². The summed E-state index contributed by atoms with van der Waals surface area (Å²) in [4.78, 5) is 34.4. The van der Waals surface area contributed by atoms with E-state index in [1.165, 1.54) is 0 Å². The molecule has 0 aliphatic rings. The Balaban J connectivity index is 2.50. The Kier molecular flexibility index (Phi) is 8.03. The van der Waals surface area contributed by atoms with Crippen molar-refractivity contribution in [3.8, 4) is 0 Å². The second-order valence-corrected chi connectivity index (χ2v) is 5.19. The molecule has 1 rings (SSSR count). The molecule has 0 aliphatic heterocycles. The number of nitrogens with one attached hydrogen (secondary N) is 1. The van der Waals surface area contributed by atoms with Crippen molar-refractivity contribution in [2.24, 2.45) is 5.73 Å². The number of hydrogen-bond acceptors (Lipinski definition) is 7. The van der Waals surface area contributed by atoms with Crippen LogP contribution in [0.2, 0.25) is 0 Å². The molecule has 0 saturated carbocycles. The van der Waals surface area contributed by atoms with Gasteiger partial charge in [-0.25, -0.2) is 4.79 Å². The molecule has 0 saturated heterocycles. The van der Waals surface area contributed by atoms with Crippen LogP contribution in [-0.2, 0) is 20.9 Å². The van der Waals surface area contributed by atoms with Gasteiger partial charge in [-0.3, -0.25) is 9.59 Å². The first-order valence-corrected chi connectivity index (χ1v) is 7.41. The Morgan fingerprint density at radius 2 is 2.00 bits per heavy atom. The molecule has 1 aromatic carbocycles. The lowest BCUT2D eigenvalue weighted by Gasteiger charge is -2.22. The van der Waals surface area contributed by atoms with Crippen molar-refractivity contribution in [2.75, 3.05) is 13.1 Å². The van der Waals surface area contributed by atoms with Crippen LogP contribution in [0.3, 0.4) is 0 Å². The van der Waals surface area contributed by atoms with Gasteiger partial charge in [0.25, 0.3) is 0 Å². The van der Waals surface area contributed by atoms with E-state index < -0.39 is 30.1 Å². The number of Topliss-reactive ketones (excluding diaryl/α,β-unsaturated/α-hetero) is 1. The molecule has 0 aliphatic carbocycles. The number of ketones is 1. The Bertz CT molecular complexity index is 551. The Morgan fingerprint density at radius 1 is 1.33 bits per heavy atom. The standard InChI is InChI=1S/C16H21N2O6/c17-8-4-7-13(20)14(21)16(23,11-19)10-18-15(22)24-9-12-5-2-1-3-6-12/h1-3,5-6,13,20,23H,4,7-10,17H2,(H,18,22). The third-order valence-electron chi connectivity index (χ3n) is 3.26. The highest BCUT2D eigenvalue weighted by atomic mass is 16.5. The van der Waals surface area contributed by atoms with Gasteiger partial charge in [0.2, 0.25) is 17.7 Å². The molecule has 2 unspecified atom stereocenters. The minimum Gasteiger partial charge on any atom is -0.445 e. The maximum Gasteiger partial charge on any atom is 0.407 e. The summed E-state index contributed by atoms with van der Waals surface area (Å²) >= 11 is 0. The second kappa shape index (κ2) is 9.76. The predicted octanol–water partition coefficient (Wildman–Crippen LogP) is -0.577. The van der Waals surface area contributed by atoms with E-state index in [-0.39, 0.29) is 19.6 Å². The number of rotatable bonds is 10. The average Bonchev–Trinajstić information content (AvgIpc) is 2.62. The molecule has 2 atom stereocenters. The van der Waals surface area contributed by atoms with Crippen molar-refractivity contribution in [3.63, 3.8) is 0 Å². The Hall–Kier alpha value is -2.29. The number of amides is 1. The van der Waals surface area contributed by atoms with E-state index in [4.69, 9.17) is 10.5 Å². The van der Waals surface area contributed by atoms with Crippen LogP contribution in [0.4, 0.5) is 4.79 Å². The van der Waals surface area contributed by atoms with E-state index in [2.05, 4.69) is 5.32 Å². The van der Waals surface area contributed by atoms with Crippen LogP contribution in [-0.4, -0.2) is 53.2 Å². The van der Waals surface area contributed by atoms with E-state index in [1.807, 2.05) is 6.07 Å². The third kappa shape index (κ3) is 6.07. The highest BCUT2D eigenvalue weighted by Gasteiger charge is 2.41. The van der Waals surface area contributed by atoms with Crippen LogP contribution in [0.25, 0.3) is 0 Å². The monoisotopic (exact) mass is 337 g/mol. The van der Waals surface area contributed by atoms with Crippen molar-refractivity contribution in [2.45, 2.75) is 31.2 Å². The van der Waals surface area contributed by atoms with Gasteiger partial charge in [0, 0.05) is 0 Å². The molecule has 0 heterocycles. The SMILES string of the molecule is NCCCC(O)C(=O)C(O)([C]=O)CNC(=O)OCc1ccccc1. The van der Waals surface area contributed by atoms with Gasteiger partial charge in [0.15, 0.2) is 0 Å². The number of carbonyl (C=O) groups is 2. The smallest absolute Gasteiger partial charge is 0.407 e. The average molecular weight is 337 g/mol. The fraction of sp³-hybridized carbons (Fsp3) is 0.438. The zero-order valence-electron chi connectivity index (χ0n) is 13.1. The maximum atomic E-state index is 11.9. The summed E-state index contributed by atoms with van der Waals surface area (Å²) in [5.41, 5.74) is 3.37. The van der Waals surface area contributed by atoms with Gasteiger partial charge in [0.05, 0.1) is 6.54 Å². The number of ether oxygens (including phenoxy) is 1. The molecule has 0 fully saturated rings. The summed E-state index contributed by atoms with van der Waals surface area (Å²) in [5, 5.41) is 21.7. The normalized spacial score (nSPS) is 14.3. The largest absolute Gasteiger partial charge is 0.445 e. The van der Waals surface area contributed by atoms with E-state index in [0.29, 0.717) is 6.42 Å². The number of hydrogen-bond donors (Lipinski definition) is 4. The molecule has 0 spiro atoms. The first-order chi connectivity index (χ1) is 11.4. The van der Waals surface area contributed by atoms with Crippen molar-refractivity contribution in [1.29, 1.82) is 0 Å². The fourth-order valence-electron chi connectivity index (χ4n) is 1.87.